The van der Waals surface area contributed by atoms with E-state index < -0.39 is 0 Å². The molecule has 0 saturated carbocycles. The highest BCUT2D eigenvalue weighted by molar-refractivity contribution is 5.65. The van der Waals surface area contributed by atoms with Gasteiger partial charge in [0.05, 0.1) is 13.2 Å². The van der Waals surface area contributed by atoms with E-state index >= 15 is 0 Å². The van der Waals surface area contributed by atoms with Crippen molar-refractivity contribution < 1.29 is 14.3 Å². The van der Waals surface area contributed by atoms with Crippen molar-refractivity contribution in [1.29, 1.82) is 0 Å². The Hall–Kier alpha value is -1.27. The van der Waals surface area contributed by atoms with Crippen molar-refractivity contribution in [3.8, 4) is 11.8 Å². The molecule has 0 heterocycles. The van der Waals surface area contributed by atoms with E-state index in [9.17, 15) is 4.79 Å². The number of hydrogen-bond acceptors (Lipinski definition) is 3. The molecule has 0 unspecified atom stereocenters. The first-order valence-corrected chi connectivity index (χ1v) is 4.53. The first-order chi connectivity index (χ1) is 6.77. The van der Waals surface area contributed by atoms with Crippen molar-refractivity contribution in [3.05, 3.63) is 12.2 Å². The van der Waals surface area contributed by atoms with Crippen LogP contribution in [0.1, 0.15) is 20.3 Å². The summed E-state index contributed by atoms with van der Waals surface area (Å²) < 4.78 is 9.90. The Bertz CT molecular complexity index is 233. The van der Waals surface area contributed by atoms with Gasteiger partial charge in [-0.3, -0.25) is 4.79 Å². The SMILES string of the molecule is CC#CCCOC/C=C\COC(C)=O. The van der Waals surface area contributed by atoms with E-state index in [0.717, 1.165) is 6.42 Å². The molecule has 0 fully saturated rings. The number of carbonyl (C=O) groups excluding carboxylic acids is 1. The Morgan fingerprint density at radius 2 is 2.07 bits per heavy atom. The van der Waals surface area contributed by atoms with Gasteiger partial charge in [0.15, 0.2) is 0 Å². The molecule has 0 aliphatic rings. The van der Waals surface area contributed by atoms with E-state index in [2.05, 4.69) is 16.6 Å². The minimum absolute atomic E-state index is 0.270. The van der Waals surface area contributed by atoms with Gasteiger partial charge in [-0.1, -0.05) is 6.08 Å². The lowest BCUT2D eigenvalue weighted by atomic mass is 10.4. The molecule has 0 N–H and O–H groups in total. The second kappa shape index (κ2) is 9.82. The summed E-state index contributed by atoms with van der Waals surface area (Å²) in [5.41, 5.74) is 0. The van der Waals surface area contributed by atoms with Crippen LogP contribution >= 0.6 is 0 Å². The van der Waals surface area contributed by atoms with Crippen molar-refractivity contribution in [2.75, 3.05) is 19.8 Å². The van der Waals surface area contributed by atoms with Gasteiger partial charge in [-0.2, -0.15) is 0 Å². The lowest BCUT2D eigenvalue weighted by molar-refractivity contribution is -0.139. The second-order valence-corrected chi connectivity index (χ2v) is 2.53. The fraction of sp³-hybridized carbons (Fsp3) is 0.545. The van der Waals surface area contributed by atoms with Crippen LogP contribution in [0.5, 0.6) is 0 Å². The van der Waals surface area contributed by atoms with Crippen molar-refractivity contribution in [1.82, 2.24) is 0 Å². The van der Waals surface area contributed by atoms with E-state index in [-0.39, 0.29) is 5.97 Å². The molecule has 0 atom stereocenters. The largest absolute Gasteiger partial charge is 0.462 e. The normalized spacial score (nSPS) is 9.57. The van der Waals surface area contributed by atoms with Crippen molar-refractivity contribution in [2.24, 2.45) is 0 Å². The van der Waals surface area contributed by atoms with Gasteiger partial charge in [-0.25, -0.2) is 0 Å². The lowest BCUT2D eigenvalue weighted by Gasteiger charge is -1.96. The van der Waals surface area contributed by atoms with Gasteiger partial charge in [-0.05, 0) is 13.0 Å². The van der Waals surface area contributed by atoms with E-state index in [1.807, 2.05) is 6.08 Å². The van der Waals surface area contributed by atoms with Gasteiger partial charge < -0.3 is 9.47 Å². The lowest BCUT2D eigenvalue weighted by Crippen LogP contribution is -1.98. The van der Waals surface area contributed by atoms with Crippen LogP contribution < -0.4 is 0 Å². The fourth-order valence-electron chi connectivity index (χ4n) is 0.701. The first-order valence-electron chi connectivity index (χ1n) is 4.53. The minimum atomic E-state index is -0.270. The molecule has 0 spiro atoms. The third-order valence-corrected chi connectivity index (χ3v) is 1.31. The highest BCUT2D eigenvalue weighted by Gasteiger charge is 1.86. The Labute approximate surface area is 85.1 Å². The molecule has 78 valence electrons. The van der Waals surface area contributed by atoms with E-state index in [1.54, 1.807) is 13.0 Å². The molecule has 0 aliphatic carbocycles. The fourth-order valence-corrected chi connectivity index (χ4v) is 0.701. The molecule has 3 heteroatoms. The van der Waals surface area contributed by atoms with Crippen molar-refractivity contribution >= 4 is 5.97 Å². The van der Waals surface area contributed by atoms with Gasteiger partial charge in [-0.15, -0.1) is 11.8 Å². The van der Waals surface area contributed by atoms with Gasteiger partial charge >= 0.3 is 5.97 Å². The van der Waals surface area contributed by atoms with Crippen LogP contribution in [0, 0.1) is 11.8 Å². The average molecular weight is 196 g/mol. The zero-order chi connectivity index (χ0) is 10.6. The molecule has 0 aromatic rings. The molecule has 0 aromatic carbocycles. The van der Waals surface area contributed by atoms with Gasteiger partial charge in [0.2, 0.25) is 0 Å². The van der Waals surface area contributed by atoms with Gasteiger partial charge in [0.1, 0.15) is 6.61 Å². The molecule has 0 aromatic heterocycles. The molecule has 0 rings (SSSR count). The van der Waals surface area contributed by atoms with E-state index in [0.29, 0.717) is 19.8 Å². The van der Waals surface area contributed by atoms with E-state index in [1.165, 1.54) is 6.92 Å². The Balaban J connectivity index is 3.17. The molecule has 14 heavy (non-hydrogen) atoms. The Morgan fingerprint density at radius 1 is 1.36 bits per heavy atom. The maximum absolute atomic E-state index is 10.3. The molecule has 0 bridgehead atoms. The van der Waals surface area contributed by atoms with Crippen LogP contribution in [0.15, 0.2) is 12.2 Å². The number of rotatable bonds is 6. The standard InChI is InChI=1S/C11H16O3/c1-3-4-5-8-13-9-6-7-10-14-11(2)12/h6-7H,5,8-10H2,1-2H3/b7-6-. The topological polar surface area (TPSA) is 35.5 Å². The summed E-state index contributed by atoms with van der Waals surface area (Å²) in [7, 11) is 0. The molecule has 3 nitrogen and oxygen atoms in total. The monoisotopic (exact) mass is 196 g/mol. The van der Waals surface area contributed by atoms with Crippen LogP contribution in [-0.2, 0) is 14.3 Å². The van der Waals surface area contributed by atoms with Crippen LogP contribution in [-0.4, -0.2) is 25.8 Å². The molecular formula is C11H16O3. The van der Waals surface area contributed by atoms with Gasteiger partial charge in [0.25, 0.3) is 0 Å². The molecule has 0 saturated heterocycles. The smallest absolute Gasteiger partial charge is 0.302 e. The summed E-state index contributed by atoms with van der Waals surface area (Å²) in [4.78, 5) is 10.3. The average Bonchev–Trinajstić information content (AvgIpc) is 2.15. The second-order valence-electron chi connectivity index (χ2n) is 2.53. The highest BCUT2D eigenvalue weighted by atomic mass is 16.5. The van der Waals surface area contributed by atoms with Crippen molar-refractivity contribution in [3.63, 3.8) is 0 Å². The quantitative estimate of drug-likeness (QED) is 0.280. The molecular weight excluding hydrogens is 180 g/mol. The predicted octanol–water partition coefficient (Wildman–Crippen LogP) is 1.54. The predicted molar refractivity (Wildman–Crippen MR) is 54.7 cm³/mol. The zero-order valence-electron chi connectivity index (χ0n) is 8.71. The van der Waals surface area contributed by atoms with E-state index in [4.69, 9.17) is 4.74 Å². The van der Waals surface area contributed by atoms with Crippen molar-refractivity contribution in [2.45, 2.75) is 20.3 Å². The summed E-state index contributed by atoms with van der Waals surface area (Å²) >= 11 is 0. The summed E-state index contributed by atoms with van der Waals surface area (Å²) in [5, 5.41) is 0. The maximum Gasteiger partial charge on any atom is 0.302 e. The molecule has 0 aliphatic heterocycles. The summed E-state index contributed by atoms with van der Waals surface area (Å²) in [6, 6.07) is 0. The Kier molecular flexibility index (Phi) is 8.92. The summed E-state index contributed by atoms with van der Waals surface area (Å²) in [5.74, 6) is 5.41. The third-order valence-electron chi connectivity index (χ3n) is 1.31. The molecule has 0 amide bonds. The number of hydrogen-bond donors (Lipinski definition) is 0. The number of carbonyl (C=O) groups is 1. The Morgan fingerprint density at radius 3 is 2.71 bits per heavy atom. The zero-order valence-corrected chi connectivity index (χ0v) is 8.71. The summed E-state index contributed by atoms with van der Waals surface area (Å²) in [6.45, 7) is 4.67. The number of ether oxygens (including phenoxy) is 2. The minimum Gasteiger partial charge on any atom is -0.462 e. The van der Waals surface area contributed by atoms with Crippen LogP contribution in [0.4, 0.5) is 0 Å². The van der Waals surface area contributed by atoms with Crippen LogP contribution in [0.3, 0.4) is 0 Å². The highest BCUT2D eigenvalue weighted by Crippen LogP contribution is 1.83. The third kappa shape index (κ3) is 10.7. The molecule has 0 radical (unpaired) electrons. The first kappa shape index (κ1) is 12.7. The van der Waals surface area contributed by atoms with Crippen LogP contribution in [0.2, 0.25) is 0 Å². The number of esters is 1. The maximum atomic E-state index is 10.3. The van der Waals surface area contributed by atoms with Crippen LogP contribution in [0.25, 0.3) is 0 Å². The summed E-state index contributed by atoms with van der Waals surface area (Å²) in [6.07, 6.45) is 4.34. The van der Waals surface area contributed by atoms with Gasteiger partial charge in [0, 0.05) is 13.3 Å².